The van der Waals surface area contributed by atoms with E-state index in [4.69, 9.17) is 0 Å². The van der Waals surface area contributed by atoms with Gasteiger partial charge in [-0.3, -0.25) is 0 Å². The number of halogens is 3. The third-order valence-corrected chi connectivity index (χ3v) is 6.29. The maximum Gasteiger partial charge on any atom is 0.402 e. The van der Waals surface area contributed by atoms with E-state index < -0.39 is 28.8 Å². The zero-order valence-electron chi connectivity index (χ0n) is 12.3. The summed E-state index contributed by atoms with van der Waals surface area (Å²) in [6.45, 7) is 3.27. The Morgan fingerprint density at radius 3 is 2.38 bits per heavy atom. The molecule has 0 aliphatic heterocycles. The molecule has 9 heteroatoms. The Balaban J connectivity index is 3.33. The fourth-order valence-electron chi connectivity index (χ4n) is 1.96. The molecule has 0 unspecified atom stereocenters. The second-order valence-corrected chi connectivity index (χ2v) is 7.75. The molecule has 21 heavy (non-hydrogen) atoms. The molecule has 0 aliphatic rings. The molecule has 1 N–H and O–H groups in total. The average molecular weight is 344 g/mol. The molecule has 0 radical (unpaired) electrons. The van der Waals surface area contributed by atoms with Gasteiger partial charge in [0.25, 0.3) is 0 Å². The van der Waals surface area contributed by atoms with E-state index in [1.807, 2.05) is 0 Å². The monoisotopic (exact) mass is 344 g/mol. The van der Waals surface area contributed by atoms with Gasteiger partial charge in [0.2, 0.25) is 10.0 Å². The molecule has 0 aliphatic carbocycles. The van der Waals surface area contributed by atoms with Crippen molar-refractivity contribution in [2.75, 3.05) is 13.6 Å². The molecule has 1 rings (SSSR count). The van der Waals surface area contributed by atoms with E-state index in [-0.39, 0.29) is 4.90 Å². The SMILES string of the molecule is CNCc1scc(C)c1S(=O)(=O)N(CC(F)(F)F)C(C)C. The van der Waals surface area contributed by atoms with Gasteiger partial charge in [0.1, 0.15) is 11.4 Å². The van der Waals surface area contributed by atoms with E-state index in [0.29, 0.717) is 21.3 Å². The number of aryl methyl sites for hydroxylation is 1. The normalized spacial score (nSPS) is 13.4. The molecular weight excluding hydrogens is 325 g/mol. The van der Waals surface area contributed by atoms with Crippen molar-refractivity contribution in [2.45, 2.75) is 44.4 Å². The zero-order chi connectivity index (χ0) is 16.4. The molecule has 1 aromatic heterocycles. The van der Waals surface area contributed by atoms with Crippen molar-refractivity contribution in [3.8, 4) is 0 Å². The number of hydrogen-bond donors (Lipinski definition) is 1. The van der Waals surface area contributed by atoms with Crippen LogP contribution in [-0.4, -0.2) is 38.5 Å². The van der Waals surface area contributed by atoms with Crippen molar-refractivity contribution >= 4 is 21.4 Å². The Morgan fingerprint density at radius 2 is 1.95 bits per heavy atom. The van der Waals surface area contributed by atoms with E-state index >= 15 is 0 Å². The summed E-state index contributed by atoms with van der Waals surface area (Å²) >= 11 is 1.23. The number of hydrogen-bond acceptors (Lipinski definition) is 4. The third-order valence-electron chi connectivity index (χ3n) is 2.80. The maximum atomic E-state index is 12.7. The van der Waals surface area contributed by atoms with Gasteiger partial charge in [0, 0.05) is 17.5 Å². The fourth-order valence-corrected chi connectivity index (χ4v) is 5.35. The summed E-state index contributed by atoms with van der Waals surface area (Å²) in [7, 11) is -2.54. The van der Waals surface area contributed by atoms with Gasteiger partial charge in [-0.2, -0.15) is 17.5 Å². The topological polar surface area (TPSA) is 49.4 Å². The van der Waals surface area contributed by atoms with Gasteiger partial charge >= 0.3 is 6.18 Å². The molecular formula is C12H19F3N2O2S2. The molecule has 0 aromatic carbocycles. The van der Waals surface area contributed by atoms with Crippen LogP contribution in [0.25, 0.3) is 0 Å². The number of thiophene rings is 1. The van der Waals surface area contributed by atoms with Crippen LogP contribution in [0.3, 0.4) is 0 Å². The number of rotatable bonds is 6. The van der Waals surface area contributed by atoms with Crippen LogP contribution in [0.1, 0.15) is 24.3 Å². The van der Waals surface area contributed by atoms with Gasteiger partial charge < -0.3 is 5.32 Å². The highest BCUT2D eigenvalue weighted by Crippen LogP contribution is 2.32. The van der Waals surface area contributed by atoms with E-state index in [0.717, 1.165) is 0 Å². The number of alkyl halides is 3. The number of nitrogens with zero attached hydrogens (tertiary/aromatic N) is 1. The van der Waals surface area contributed by atoms with Crippen molar-refractivity contribution in [2.24, 2.45) is 0 Å². The van der Waals surface area contributed by atoms with E-state index in [1.165, 1.54) is 25.2 Å². The lowest BCUT2D eigenvalue weighted by molar-refractivity contribution is -0.138. The average Bonchev–Trinajstić information content (AvgIpc) is 2.67. The number of nitrogens with one attached hydrogen (secondary N) is 1. The highest BCUT2D eigenvalue weighted by molar-refractivity contribution is 7.89. The molecule has 1 heterocycles. The van der Waals surface area contributed by atoms with Crippen LogP contribution in [0.2, 0.25) is 0 Å². The Morgan fingerprint density at radius 1 is 1.38 bits per heavy atom. The van der Waals surface area contributed by atoms with Crippen LogP contribution < -0.4 is 5.32 Å². The summed E-state index contributed by atoms with van der Waals surface area (Å²) in [5.41, 5.74) is 0.470. The van der Waals surface area contributed by atoms with Crippen molar-refractivity contribution in [3.05, 3.63) is 15.8 Å². The molecule has 0 atom stereocenters. The largest absolute Gasteiger partial charge is 0.402 e. The molecule has 0 amide bonds. The van der Waals surface area contributed by atoms with Crippen LogP contribution in [0.15, 0.2) is 10.3 Å². The maximum absolute atomic E-state index is 12.7. The summed E-state index contributed by atoms with van der Waals surface area (Å²) in [5, 5.41) is 4.48. The molecule has 0 saturated carbocycles. The van der Waals surface area contributed by atoms with Crippen molar-refractivity contribution in [1.82, 2.24) is 9.62 Å². The summed E-state index contributed by atoms with van der Waals surface area (Å²) in [4.78, 5) is 0.502. The second kappa shape index (κ2) is 6.64. The highest BCUT2D eigenvalue weighted by Gasteiger charge is 2.40. The minimum absolute atomic E-state index is 0.0141. The lowest BCUT2D eigenvalue weighted by Crippen LogP contribution is -2.43. The fraction of sp³-hybridized carbons (Fsp3) is 0.667. The van der Waals surface area contributed by atoms with E-state index in [9.17, 15) is 21.6 Å². The van der Waals surface area contributed by atoms with Crippen LogP contribution in [0.5, 0.6) is 0 Å². The summed E-state index contributed by atoms with van der Waals surface area (Å²) in [5.74, 6) is 0. The van der Waals surface area contributed by atoms with Gasteiger partial charge in [-0.15, -0.1) is 11.3 Å². The molecule has 0 fully saturated rings. The molecule has 0 saturated heterocycles. The summed E-state index contributed by atoms with van der Waals surface area (Å²) < 4.78 is 63.8. The molecule has 4 nitrogen and oxygen atoms in total. The lowest BCUT2D eigenvalue weighted by atomic mass is 10.3. The van der Waals surface area contributed by atoms with Gasteiger partial charge in [0.05, 0.1) is 0 Å². The van der Waals surface area contributed by atoms with Crippen molar-refractivity contribution in [1.29, 1.82) is 0 Å². The predicted octanol–water partition coefficient (Wildman–Crippen LogP) is 2.74. The second-order valence-electron chi connectivity index (χ2n) is 4.96. The minimum atomic E-state index is -4.58. The Labute approximate surface area is 127 Å². The number of sulfonamides is 1. The molecule has 0 spiro atoms. The third kappa shape index (κ3) is 4.41. The molecule has 0 bridgehead atoms. The quantitative estimate of drug-likeness (QED) is 0.863. The Hall–Kier alpha value is -0.640. The van der Waals surface area contributed by atoms with Crippen LogP contribution >= 0.6 is 11.3 Å². The van der Waals surface area contributed by atoms with Gasteiger partial charge in [-0.05, 0) is 38.8 Å². The molecule has 122 valence electrons. The zero-order valence-corrected chi connectivity index (χ0v) is 13.9. The smallest absolute Gasteiger partial charge is 0.315 e. The van der Waals surface area contributed by atoms with Gasteiger partial charge in [-0.25, -0.2) is 8.42 Å². The predicted molar refractivity (Wildman–Crippen MR) is 76.9 cm³/mol. The van der Waals surface area contributed by atoms with Crippen LogP contribution in [0.4, 0.5) is 13.2 Å². The van der Waals surface area contributed by atoms with Crippen molar-refractivity contribution in [3.63, 3.8) is 0 Å². The van der Waals surface area contributed by atoms with Gasteiger partial charge in [-0.1, -0.05) is 0 Å². The minimum Gasteiger partial charge on any atom is -0.315 e. The standard InChI is InChI=1S/C12H19F3N2O2S2/c1-8(2)17(7-12(13,14)15)21(18,19)11-9(3)6-20-10(11)5-16-4/h6,8,16H,5,7H2,1-4H3. The first-order valence-corrected chi connectivity index (χ1v) is 8.62. The Kier molecular flexibility index (Phi) is 5.82. The lowest BCUT2D eigenvalue weighted by Gasteiger charge is -2.27. The van der Waals surface area contributed by atoms with E-state index in [1.54, 1.807) is 19.4 Å². The van der Waals surface area contributed by atoms with E-state index in [2.05, 4.69) is 5.32 Å². The first-order chi connectivity index (χ1) is 9.50. The first kappa shape index (κ1) is 18.4. The molecule has 1 aromatic rings. The summed E-state index contributed by atoms with van der Waals surface area (Å²) in [6.07, 6.45) is -4.58. The van der Waals surface area contributed by atoms with Crippen LogP contribution in [-0.2, 0) is 16.6 Å². The highest BCUT2D eigenvalue weighted by atomic mass is 32.2. The first-order valence-electron chi connectivity index (χ1n) is 6.31. The summed E-state index contributed by atoms with van der Waals surface area (Å²) in [6, 6.07) is -0.779. The van der Waals surface area contributed by atoms with Crippen molar-refractivity contribution < 1.29 is 21.6 Å². The Bertz CT molecular complexity index is 580. The van der Waals surface area contributed by atoms with Crippen LogP contribution in [0, 0.1) is 6.92 Å². The van der Waals surface area contributed by atoms with Gasteiger partial charge in [0.15, 0.2) is 0 Å².